The van der Waals surface area contributed by atoms with E-state index in [9.17, 15) is 4.79 Å². The number of thiazole rings is 1. The molecule has 1 aromatic heterocycles. The lowest BCUT2D eigenvalue weighted by molar-refractivity contribution is -0.120. The summed E-state index contributed by atoms with van der Waals surface area (Å²) in [6.07, 6.45) is 0.757. The van der Waals surface area contributed by atoms with Crippen LogP contribution in [0.25, 0.3) is 22.0 Å². The summed E-state index contributed by atoms with van der Waals surface area (Å²) in [5.41, 5.74) is 1.52. The summed E-state index contributed by atoms with van der Waals surface area (Å²) in [4.78, 5) is 17.1. The van der Waals surface area contributed by atoms with Crippen LogP contribution in [0.1, 0.15) is 13.3 Å². The zero-order valence-corrected chi connectivity index (χ0v) is 16.8. The minimum absolute atomic E-state index is 0.0185. The second-order valence-corrected chi connectivity index (χ2v) is 10.9. The molecule has 1 aliphatic carbocycles. The first-order valence-corrected chi connectivity index (χ1v) is 10.0. The number of rotatable bonds is 3. The standard InChI is InChI=1S/C18H14Br2N2OS/c1-17(10-18(17,19)20)15(23)22-16-21-14(9-24-16)13-8-4-6-11-5-2-3-7-12(11)13/h2-9H,10H2,1H3,(H,21,22,23). The first kappa shape index (κ1) is 16.2. The maximum Gasteiger partial charge on any atom is 0.234 e. The lowest BCUT2D eigenvalue weighted by atomic mass is 10.0. The van der Waals surface area contributed by atoms with Crippen molar-refractivity contribution in [1.29, 1.82) is 0 Å². The summed E-state index contributed by atoms with van der Waals surface area (Å²) < 4.78 is -0.299. The molecule has 1 saturated carbocycles. The third-order valence-electron chi connectivity index (χ3n) is 4.55. The number of benzene rings is 2. The van der Waals surface area contributed by atoms with Gasteiger partial charge in [0.2, 0.25) is 5.91 Å². The summed E-state index contributed by atoms with van der Waals surface area (Å²) in [7, 11) is 0. The van der Waals surface area contributed by atoms with Crippen molar-refractivity contribution in [2.24, 2.45) is 5.41 Å². The zero-order valence-electron chi connectivity index (χ0n) is 12.8. The van der Waals surface area contributed by atoms with Gasteiger partial charge in [0, 0.05) is 10.9 Å². The highest BCUT2D eigenvalue weighted by molar-refractivity contribution is 9.25. The van der Waals surface area contributed by atoms with Crippen LogP contribution in [-0.2, 0) is 4.79 Å². The van der Waals surface area contributed by atoms with Gasteiger partial charge < -0.3 is 5.32 Å². The Kier molecular flexibility index (Phi) is 3.82. The zero-order chi connectivity index (χ0) is 16.9. The van der Waals surface area contributed by atoms with Crippen molar-refractivity contribution in [1.82, 2.24) is 4.98 Å². The molecule has 0 spiro atoms. The van der Waals surface area contributed by atoms with Crippen LogP contribution in [0.4, 0.5) is 5.13 Å². The number of carbonyl (C=O) groups is 1. The summed E-state index contributed by atoms with van der Waals surface area (Å²) in [6.45, 7) is 1.94. The molecular formula is C18H14Br2N2OS. The van der Waals surface area contributed by atoms with Gasteiger partial charge in [-0.1, -0.05) is 74.3 Å². The highest BCUT2D eigenvalue weighted by atomic mass is 79.9. The van der Waals surface area contributed by atoms with E-state index in [1.54, 1.807) is 0 Å². The monoisotopic (exact) mass is 464 g/mol. The molecule has 1 atom stereocenters. The van der Waals surface area contributed by atoms with Gasteiger partial charge in [0.25, 0.3) is 0 Å². The van der Waals surface area contributed by atoms with E-state index in [0.29, 0.717) is 5.13 Å². The third-order valence-corrected chi connectivity index (χ3v) is 7.62. The number of amides is 1. The summed E-state index contributed by atoms with van der Waals surface area (Å²) in [5.74, 6) is -0.0185. The molecule has 24 heavy (non-hydrogen) atoms. The fourth-order valence-corrected chi connectivity index (χ4v) is 4.97. The van der Waals surface area contributed by atoms with E-state index in [1.807, 2.05) is 30.5 Å². The van der Waals surface area contributed by atoms with Crippen molar-refractivity contribution in [2.75, 3.05) is 5.32 Å². The van der Waals surface area contributed by atoms with Gasteiger partial charge in [-0.05, 0) is 24.1 Å². The van der Waals surface area contributed by atoms with E-state index in [2.05, 4.69) is 66.4 Å². The highest BCUT2D eigenvalue weighted by Crippen LogP contribution is 2.66. The number of alkyl halides is 2. The van der Waals surface area contributed by atoms with Gasteiger partial charge in [-0.2, -0.15) is 0 Å². The molecule has 1 heterocycles. The lowest BCUT2D eigenvalue weighted by Gasteiger charge is -2.11. The number of anilines is 1. The van der Waals surface area contributed by atoms with Crippen molar-refractivity contribution in [2.45, 2.75) is 16.6 Å². The number of nitrogens with one attached hydrogen (secondary N) is 1. The van der Waals surface area contributed by atoms with E-state index in [-0.39, 0.29) is 9.14 Å². The van der Waals surface area contributed by atoms with Crippen LogP contribution in [0.3, 0.4) is 0 Å². The minimum atomic E-state index is -0.446. The van der Waals surface area contributed by atoms with Crippen LogP contribution in [-0.4, -0.2) is 14.1 Å². The Balaban J connectivity index is 1.62. The van der Waals surface area contributed by atoms with Gasteiger partial charge in [-0.25, -0.2) is 4.98 Å². The topological polar surface area (TPSA) is 42.0 Å². The minimum Gasteiger partial charge on any atom is -0.301 e. The summed E-state index contributed by atoms with van der Waals surface area (Å²) in [6, 6.07) is 14.4. The average molecular weight is 466 g/mol. The van der Waals surface area contributed by atoms with E-state index >= 15 is 0 Å². The Bertz CT molecular complexity index is 948. The first-order valence-electron chi connectivity index (χ1n) is 7.54. The lowest BCUT2D eigenvalue weighted by Crippen LogP contribution is -2.25. The van der Waals surface area contributed by atoms with Crippen LogP contribution in [0.2, 0.25) is 0 Å². The van der Waals surface area contributed by atoms with Gasteiger partial charge in [0.1, 0.15) is 0 Å². The maximum absolute atomic E-state index is 12.5. The molecule has 122 valence electrons. The average Bonchev–Trinajstić information content (AvgIpc) is 2.90. The molecule has 1 aliphatic rings. The summed E-state index contributed by atoms with van der Waals surface area (Å²) >= 11 is 8.51. The van der Waals surface area contributed by atoms with E-state index in [0.717, 1.165) is 23.1 Å². The molecule has 0 aliphatic heterocycles. The Morgan fingerprint density at radius 2 is 1.92 bits per heavy atom. The maximum atomic E-state index is 12.5. The van der Waals surface area contributed by atoms with E-state index in [1.165, 1.54) is 16.7 Å². The van der Waals surface area contributed by atoms with Gasteiger partial charge >= 0.3 is 0 Å². The smallest absolute Gasteiger partial charge is 0.234 e. The van der Waals surface area contributed by atoms with Gasteiger partial charge in [-0.15, -0.1) is 11.3 Å². The molecular weight excluding hydrogens is 452 g/mol. The molecule has 4 rings (SSSR count). The van der Waals surface area contributed by atoms with Crippen LogP contribution < -0.4 is 5.32 Å². The molecule has 0 radical (unpaired) electrons. The van der Waals surface area contributed by atoms with Crippen molar-refractivity contribution in [3.05, 3.63) is 47.8 Å². The van der Waals surface area contributed by atoms with Gasteiger partial charge in [-0.3, -0.25) is 4.79 Å². The second-order valence-electron chi connectivity index (χ2n) is 6.23. The number of halogens is 2. The summed E-state index contributed by atoms with van der Waals surface area (Å²) in [5, 5.41) is 7.91. The highest BCUT2D eigenvalue weighted by Gasteiger charge is 2.66. The van der Waals surface area contributed by atoms with Crippen molar-refractivity contribution < 1.29 is 4.79 Å². The van der Waals surface area contributed by atoms with Crippen LogP contribution in [0.5, 0.6) is 0 Å². The fraction of sp³-hybridized carbons (Fsp3) is 0.222. The molecule has 3 nitrogen and oxygen atoms in total. The Hall–Kier alpha value is -1.24. The molecule has 3 aromatic rings. The molecule has 6 heteroatoms. The first-order chi connectivity index (χ1) is 11.4. The van der Waals surface area contributed by atoms with Crippen LogP contribution >= 0.6 is 43.2 Å². The van der Waals surface area contributed by atoms with Crippen molar-refractivity contribution >= 4 is 65.0 Å². The van der Waals surface area contributed by atoms with E-state index < -0.39 is 5.41 Å². The molecule has 1 amide bonds. The number of carbonyl (C=O) groups excluding carboxylic acids is 1. The molecule has 0 bridgehead atoms. The number of aromatic nitrogens is 1. The Labute approximate surface area is 160 Å². The van der Waals surface area contributed by atoms with Crippen molar-refractivity contribution in [3.63, 3.8) is 0 Å². The largest absolute Gasteiger partial charge is 0.301 e. The normalized spacial score (nSPS) is 21.6. The Morgan fingerprint density at radius 1 is 1.21 bits per heavy atom. The van der Waals surface area contributed by atoms with E-state index in [4.69, 9.17) is 0 Å². The Morgan fingerprint density at radius 3 is 2.67 bits per heavy atom. The molecule has 1 unspecified atom stereocenters. The predicted octanol–water partition coefficient (Wildman–Crippen LogP) is 5.80. The second kappa shape index (κ2) is 5.64. The number of fused-ring (bicyclic) bond motifs is 1. The number of hydrogen-bond donors (Lipinski definition) is 1. The molecule has 0 saturated heterocycles. The predicted molar refractivity (Wildman–Crippen MR) is 107 cm³/mol. The number of hydrogen-bond acceptors (Lipinski definition) is 3. The third kappa shape index (κ3) is 2.61. The van der Waals surface area contributed by atoms with Gasteiger partial charge in [0.15, 0.2) is 5.13 Å². The molecule has 1 N–H and O–H groups in total. The van der Waals surface area contributed by atoms with Gasteiger partial charge in [0.05, 0.1) is 14.3 Å². The number of nitrogens with zero attached hydrogens (tertiary/aromatic N) is 1. The quantitative estimate of drug-likeness (QED) is 0.496. The van der Waals surface area contributed by atoms with Crippen LogP contribution in [0.15, 0.2) is 47.8 Å². The molecule has 1 fully saturated rings. The molecule has 2 aromatic carbocycles. The van der Waals surface area contributed by atoms with Crippen molar-refractivity contribution in [3.8, 4) is 11.3 Å². The van der Waals surface area contributed by atoms with Crippen LogP contribution in [0, 0.1) is 5.41 Å². The fourth-order valence-electron chi connectivity index (χ4n) is 2.78. The SMILES string of the molecule is CC1(C(=O)Nc2nc(-c3cccc4ccccc34)cs2)CC1(Br)Br.